The molecule has 2 aliphatic rings. The Balaban J connectivity index is 1.46. The molecule has 1 aliphatic carbocycles. The number of hydrogen-bond donors (Lipinski definition) is 1. The van der Waals surface area contributed by atoms with E-state index in [0.717, 1.165) is 60.4 Å². The van der Waals surface area contributed by atoms with Crippen LogP contribution in [0, 0.1) is 21.4 Å². The quantitative estimate of drug-likeness (QED) is 0.425. The molecular weight excluding hydrogens is 452 g/mol. The van der Waals surface area contributed by atoms with E-state index in [1.165, 1.54) is 18.5 Å². The molecule has 1 aliphatic heterocycles. The Morgan fingerprint density at radius 3 is 2.89 bits per heavy atom. The summed E-state index contributed by atoms with van der Waals surface area (Å²) in [7, 11) is 0. The molecule has 1 fully saturated rings. The summed E-state index contributed by atoms with van der Waals surface area (Å²) < 4.78 is 8.93. The van der Waals surface area contributed by atoms with Crippen LogP contribution in [0.25, 0.3) is 10.9 Å². The van der Waals surface area contributed by atoms with Crippen LogP contribution in [0.5, 0.6) is 0 Å². The first-order valence-electron chi connectivity index (χ1n) is 11.7. The summed E-state index contributed by atoms with van der Waals surface area (Å²) in [5.74, 6) is -0.0454. The number of carbonyl (C=O) groups excluding carboxylic acids is 1. The number of benzene rings is 1. The lowest BCUT2D eigenvalue weighted by atomic mass is 9.95. The first-order valence-corrected chi connectivity index (χ1v) is 11.7. The lowest BCUT2D eigenvalue weighted by molar-refractivity contribution is -0.384. The van der Waals surface area contributed by atoms with Crippen molar-refractivity contribution in [3.63, 3.8) is 0 Å². The van der Waals surface area contributed by atoms with Crippen LogP contribution < -0.4 is 10.9 Å². The number of ether oxygens (including phenoxy) is 1. The third-order valence-corrected chi connectivity index (χ3v) is 6.69. The average Bonchev–Trinajstić information content (AvgIpc) is 3.47. The van der Waals surface area contributed by atoms with Crippen molar-refractivity contribution in [2.75, 3.05) is 11.9 Å². The fourth-order valence-corrected chi connectivity index (χ4v) is 5.01. The zero-order chi connectivity index (χ0) is 24.5. The molecule has 1 N–H and O–H groups in total. The number of aromatic nitrogens is 3. The molecule has 11 heteroatoms. The van der Waals surface area contributed by atoms with Crippen molar-refractivity contribution in [2.24, 2.45) is 0 Å². The summed E-state index contributed by atoms with van der Waals surface area (Å²) >= 11 is 0. The molecule has 1 aromatic carbocycles. The van der Waals surface area contributed by atoms with E-state index in [0.29, 0.717) is 30.0 Å². The molecule has 0 spiro atoms. The SMILES string of the molecule is N#Cc1c2c(n(CC3CCCO3)c1NC(=O)Cn1cnc3ccc([N+](=O)[O-])cc3c1=O)CCCC2. The van der Waals surface area contributed by atoms with E-state index in [1.807, 2.05) is 4.57 Å². The third-order valence-electron chi connectivity index (χ3n) is 6.69. The van der Waals surface area contributed by atoms with Gasteiger partial charge in [0.2, 0.25) is 5.91 Å². The van der Waals surface area contributed by atoms with Gasteiger partial charge < -0.3 is 14.6 Å². The number of carbonyl (C=O) groups is 1. The van der Waals surface area contributed by atoms with Crippen molar-refractivity contribution in [3.05, 3.63) is 61.8 Å². The zero-order valence-corrected chi connectivity index (χ0v) is 19.0. The van der Waals surface area contributed by atoms with Crippen LogP contribution in [0.15, 0.2) is 29.3 Å². The summed E-state index contributed by atoms with van der Waals surface area (Å²) in [6, 6.07) is 6.11. The number of anilines is 1. The number of non-ortho nitro benzene ring substituents is 1. The normalized spacial score (nSPS) is 17.2. The highest BCUT2D eigenvalue weighted by Gasteiger charge is 2.28. The largest absolute Gasteiger partial charge is 0.376 e. The maximum absolute atomic E-state index is 13.1. The third kappa shape index (κ3) is 4.28. The van der Waals surface area contributed by atoms with Gasteiger partial charge in [-0.15, -0.1) is 0 Å². The molecule has 5 rings (SSSR count). The number of nitrogens with zero attached hydrogens (tertiary/aromatic N) is 5. The van der Waals surface area contributed by atoms with Crippen molar-refractivity contribution in [3.8, 4) is 6.07 Å². The first kappa shape index (κ1) is 22.7. The van der Waals surface area contributed by atoms with E-state index in [9.17, 15) is 25.0 Å². The van der Waals surface area contributed by atoms with Gasteiger partial charge in [-0.05, 0) is 50.2 Å². The van der Waals surface area contributed by atoms with Crippen LogP contribution in [0.2, 0.25) is 0 Å². The highest BCUT2D eigenvalue weighted by Crippen LogP contribution is 2.34. The van der Waals surface area contributed by atoms with E-state index in [2.05, 4.69) is 16.4 Å². The van der Waals surface area contributed by atoms with Gasteiger partial charge in [-0.3, -0.25) is 24.3 Å². The molecule has 2 aromatic heterocycles. The van der Waals surface area contributed by atoms with E-state index in [4.69, 9.17) is 4.74 Å². The minimum atomic E-state index is -0.587. The molecule has 1 amide bonds. The van der Waals surface area contributed by atoms with Gasteiger partial charge in [0.25, 0.3) is 11.2 Å². The Kier molecular flexibility index (Phi) is 6.05. The maximum atomic E-state index is 13.1. The minimum absolute atomic E-state index is 0.0266. The molecule has 35 heavy (non-hydrogen) atoms. The number of fused-ring (bicyclic) bond motifs is 2. The Bertz CT molecular complexity index is 1430. The Hall–Kier alpha value is -4.04. The van der Waals surface area contributed by atoms with E-state index in [1.54, 1.807) is 0 Å². The van der Waals surface area contributed by atoms with Gasteiger partial charge in [0.1, 0.15) is 18.4 Å². The minimum Gasteiger partial charge on any atom is -0.376 e. The second-order valence-electron chi connectivity index (χ2n) is 8.90. The number of nitro benzene ring substituents is 1. The zero-order valence-electron chi connectivity index (χ0n) is 19.0. The lowest BCUT2D eigenvalue weighted by Crippen LogP contribution is -2.29. The van der Waals surface area contributed by atoms with Gasteiger partial charge in [-0.25, -0.2) is 4.98 Å². The fourth-order valence-electron chi connectivity index (χ4n) is 5.01. The van der Waals surface area contributed by atoms with Gasteiger partial charge >= 0.3 is 0 Å². The van der Waals surface area contributed by atoms with Crippen molar-refractivity contribution in [2.45, 2.75) is 57.7 Å². The smallest absolute Gasteiger partial charge is 0.270 e. The summed E-state index contributed by atoms with van der Waals surface area (Å²) in [4.78, 5) is 40.6. The molecule has 180 valence electrons. The summed E-state index contributed by atoms with van der Waals surface area (Å²) in [5.41, 5.74) is 2.03. The van der Waals surface area contributed by atoms with Crippen LogP contribution in [0.4, 0.5) is 11.5 Å². The Morgan fingerprint density at radius 1 is 1.31 bits per heavy atom. The molecular formula is C24H24N6O5. The Labute approximate surface area is 200 Å². The van der Waals surface area contributed by atoms with E-state index in [-0.39, 0.29) is 23.7 Å². The molecule has 3 aromatic rings. The lowest BCUT2D eigenvalue weighted by Gasteiger charge is -2.20. The monoisotopic (exact) mass is 476 g/mol. The van der Waals surface area contributed by atoms with Crippen molar-refractivity contribution in [1.82, 2.24) is 14.1 Å². The van der Waals surface area contributed by atoms with Crippen LogP contribution in [-0.2, 0) is 35.5 Å². The molecule has 0 saturated carbocycles. The van der Waals surface area contributed by atoms with Gasteiger partial charge in [0, 0.05) is 24.4 Å². The van der Waals surface area contributed by atoms with Gasteiger partial charge in [0.15, 0.2) is 0 Å². The number of nitro groups is 1. The van der Waals surface area contributed by atoms with Crippen LogP contribution in [0.1, 0.15) is 42.5 Å². The highest BCUT2D eigenvalue weighted by atomic mass is 16.6. The molecule has 0 radical (unpaired) electrons. The summed E-state index contributed by atoms with van der Waals surface area (Å²) in [6.07, 6.45) is 6.81. The van der Waals surface area contributed by atoms with Crippen LogP contribution in [-0.4, -0.2) is 37.7 Å². The van der Waals surface area contributed by atoms with Gasteiger partial charge in [-0.1, -0.05) is 0 Å². The predicted octanol–water partition coefficient (Wildman–Crippen LogP) is 2.67. The topological polar surface area (TPSA) is 145 Å². The molecule has 11 nitrogen and oxygen atoms in total. The molecule has 1 atom stereocenters. The van der Waals surface area contributed by atoms with Gasteiger partial charge in [0.05, 0.1) is 40.4 Å². The second kappa shape index (κ2) is 9.31. The number of hydrogen-bond acceptors (Lipinski definition) is 7. The maximum Gasteiger partial charge on any atom is 0.270 e. The highest BCUT2D eigenvalue weighted by molar-refractivity contribution is 5.92. The predicted molar refractivity (Wildman–Crippen MR) is 126 cm³/mol. The molecule has 3 heterocycles. The molecule has 1 unspecified atom stereocenters. The molecule has 1 saturated heterocycles. The number of rotatable bonds is 6. The van der Waals surface area contributed by atoms with Crippen LogP contribution in [0.3, 0.4) is 0 Å². The van der Waals surface area contributed by atoms with Crippen LogP contribution >= 0.6 is 0 Å². The number of nitrogens with one attached hydrogen (secondary N) is 1. The van der Waals surface area contributed by atoms with Crippen molar-refractivity contribution >= 4 is 28.3 Å². The summed E-state index contributed by atoms with van der Waals surface area (Å²) in [6.45, 7) is 0.919. The van der Waals surface area contributed by atoms with E-state index >= 15 is 0 Å². The standard InChI is InChI=1S/C24H24N6O5/c25-11-19-17-5-1-2-6-21(17)29(12-16-4-3-9-35-16)23(19)27-22(31)13-28-14-26-20-8-7-15(30(33)34)10-18(20)24(28)32/h7-8,10,14,16H,1-6,9,12-13H2,(H,27,31). The second-order valence-corrected chi connectivity index (χ2v) is 8.90. The number of nitriles is 1. The first-order chi connectivity index (χ1) is 17.0. The van der Waals surface area contributed by atoms with E-state index < -0.39 is 16.4 Å². The summed E-state index contributed by atoms with van der Waals surface area (Å²) in [5, 5.41) is 23.9. The molecule has 0 bridgehead atoms. The van der Waals surface area contributed by atoms with Crippen molar-refractivity contribution in [1.29, 1.82) is 5.26 Å². The van der Waals surface area contributed by atoms with Gasteiger partial charge in [-0.2, -0.15) is 5.26 Å². The van der Waals surface area contributed by atoms with Crippen molar-refractivity contribution < 1.29 is 14.5 Å². The Morgan fingerprint density at radius 2 is 2.14 bits per heavy atom. The fraction of sp³-hybridized carbons (Fsp3) is 0.417. The average molecular weight is 476 g/mol. The number of amides is 1.